The number of nitrogens with zero attached hydrogens (tertiary/aromatic N) is 2. The van der Waals surface area contributed by atoms with Crippen molar-refractivity contribution in [3.63, 3.8) is 0 Å². The van der Waals surface area contributed by atoms with Crippen molar-refractivity contribution in [3.05, 3.63) is 77.4 Å². The van der Waals surface area contributed by atoms with Crippen LogP contribution in [0, 0.1) is 0 Å². The van der Waals surface area contributed by atoms with Gasteiger partial charge in [-0.2, -0.15) is 0 Å². The van der Waals surface area contributed by atoms with Gasteiger partial charge in [-0.1, -0.05) is 23.7 Å². The first-order chi connectivity index (χ1) is 15.0. The molecule has 2 aromatic carbocycles. The summed E-state index contributed by atoms with van der Waals surface area (Å²) >= 11 is 5.97. The molecule has 0 N–H and O–H groups in total. The lowest BCUT2D eigenvalue weighted by Crippen LogP contribution is -2.25. The van der Waals surface area contributed by atoms with Crippen LogP contribution in [-0.4, -0.2) is 42.7 Å². The minimum Gasteiger partial charge on any atom is -0.491 e. The molecule has 0 fully saturated rings. The second-order valence-corrected chi connectivity index (χ2v) is 7.71. The van der Waals surface area contributed by atoms with E-state index >= 15 is 0 Å². The Bertz CT molecular complexity index is 1220. The summed E-state index contributed by atoms with van der Waals surface area (Å²) in [5, 5.41) is 1.68. The van der Waals surface area contributed by atoms with Gasteiger partial charge in [0.15, 0.2) is 0 Å². The molecule has 0 aliphatic rings. The van der Waals surface area contributed by atoms with Gasteiger partial charge in [0.2, 0.25) is 0 Å². The maximum Gasteiger partial charge on any atom is 0.414 e. The van der Waals surface area contributed by atoms with Crippen LogP contribution in [0.3, 0.4) is 0 Å². The number of pyridine rings is 1. The van der Waals surface area contributed by atoms with Gasteiger partial charge >= 0.3 is 6.09 Å². The van der Waals surface area contributed by atoms with Gasteiger partial charge in [-0.05, 0) is 48.0 Å². The van der Waals surface area contributed by atoms with Gasteiger partial charge in [0.05, 0.1) is 18.7 Å². The Labute approximate surface area is 185 Å². The molecule has 0 radical (unpaired) electrons. The fourth-order valence-corrected chi connectivity index (χ4v) is 3.48. The second kappa shape index (κ2) is 9.29. The zero-order valence-corrected chi connectivity index (χ0v) is 18.1. The van der Waals surface area contributed by atoms with Crippen LogP contribution >= 0.6 is 11.6 Å². The molecule has 4 rings (SSSR count). The summed E-state index contributed by atoms with van der Waals surface area (Å²) in [5.41, 5.74) is 2.94. The molecule has 0 saturated heterocycles. The van der Waals surface area contributed by atoms with Gasteiger partial charge < -0.3 is 23.5 Å². The molecule has 1 amide bonds. The van der Waals surface area contributed by atoms with Crippen molar-refractivity contribution in [2.45, 2.75) is 6.61 Å². The molecule has 160 valence electrons. The van der Waals surface area contributed by atoms with Crippen LogP contribution in [-0.2, 0) is 11.3 Å². The average Bonchev–Trinajstić information content (AvgIpc) is 3.12. The Kier molecular flexibility index (Phi) is 6.30. The molecule has 0 unspecified atom stereocenters. The van der Waals surface area contributed by atoms with Crippen molar-refractivity contribution < 1.29 is 19.0 Å². The van der Waals surface area contributed by atoms with E-state index in [1.54, 1.807) is 26.2 Å². The maximum absolute atomic E-state index is 12.1. The van der Waals surface area contributed by atoms with Crippen LogP contribution in [0.5, 0.6) is 11.5 Å². The smallest absolute Gasteiger partial charge is 0.414 e. The molecule has 0 spiro atoms. The lowest BCUT2D eigenvalue weighted by Gasteiger charge is -2.13. The van der Waals surface area contributed by atoms with Crippen molar-refractivity contribution in [1.29, 1.82) is 0 Å². The molecule has 2 aromatic heterocycles. The van der Waals surface area contributed by atoms with E-state index in [2.05, 4.69) is 10.5 Å². The molecule has 0 aliphatic carbocycles. The molecule has 0 aliphatic heterocycles. The van der Waals surface area contributed by atoms with Crippen LogP contribution < -0.4 is 9.47 Å². The topological polar surface area (TPSA) is 52.4 Å². The highest BCUT2D eigenvalue weighted by Gasteiger charge is 2.13. The predicted molar refractivity (Wildman–Crippen MR) is 121 cm³/mol. The Balaban J connectivity index is 1.51. The standard InChI is InChI=1S/C24H23ClN2O4/c1-26(2)24(28)31-21-12-17(16-29-10-11-30-20-8-5-6-18(25)13-20)22-14-19-7-3-4-9-27(19)23(22)15-21/h3-9,12-15H,10-11,16H2,1-2H3. The number of carbonyl (C=O) groups is 1. The Morgan fingerprint density at radius 3 is 2.68 bits per heavy atom. The first-order valence-corrected chi connectivity index (χ1v) is 10.3. The fraction of sp³-hybridized carbons (Fsp3) is 0.208. The highest BCUT2D eigenvalue weighted by atomic mass is 35.5. The van der Waals surface area contributed by atoms with Crippen molar-refractivity contribution in [3.8, 4) is 11.5 Å². The van der Waals surface area contributed by atoms with Gasteiger partial charge in [-0.25, -0.2) is 4.79 Å². The number of amides is 1. The molecule has 0 atom stereocenters. The maximum atomic E-state index is 12.1. The number of carbonyl (C=O) groups excluding carboxylic acids is 1. The van der Waals surface area contributed by atoms with Crippen molar-refractivity contribution in [1.82, 2.24) is 9.30 Å². The van der Waals surface area contributed by atoms with Crippen LogP contribution in [0.25, 0.3) is 16.4 Å². The summed E-state index contributed by atoms with van der Waals surface area (Å²) in [6, 6.07) is 19.1. The normalized spacial score (nSPS) is 11.1. The quantitative estimate of drug-likeness (QED) is 0.362. The molecular weight excluding hydrogens is 416 g/mol. The van der Waals surface area contributed by atoms with Gasteiger partial charge in [-0.15, -0.1) is 0 Å². The summed E-state index contributed by atoms with van der Waals surface area (Å²) in [7, 11) is 3.30. The molecule has 0 bridgehead atoms. The summed E-state index contributed by atoms with van der Waals surface area (Å²) in [6.07, 6.45) is 1.56. The third kappa shape index (κ3) is 4.93. The summed E-state index contributed by atoms with van der Waals surface area (Å²) < 4.78 is 19.1. The van der Waals surface area contributed by atoms with E-state index in [0.717, 1.165) is 22.0 Å². The first kappa shape index (κ1) is 21.0. The van der Waals surface area contributed by atoms with E-state index in [0.29, 0.717) is 36.3 Å². The number of hydrogen-bond donors (Lipinski definition) is 0. The number of rotatable bonds is 7. The number of hydrogen-bond acceptors (Lipinski definition) is 4. The molecule has 0 saturated carbocycles. The second-order valence-electron chi connectivity index (χ2n) is 7.28. The highest BCUT2D eigenvalue weighted by molar-refractivity contribution is 6.30. The van der Waals surface area contributed by atoms with E-state index in [-0.39, 0.29) is 0 Å². The first-order valence-electron chi connectivity index (χ1n) is 9.89. The van der Waals surface area contributed by atoms with Crippen molar-refractivity contribution in [2.24, 2.45) is 0 Å². The van der Waals surface area contributed by atoms with Crippen molar-refractivity contribution in [2.75, 3.05) is 27.3 Å². The molecule has 4 aromatic rings. The van der Waals surface area contributed by atoms with E-state index in [9.17, 15) is 4.79 Å². The van der Waals surface area contributed by atoms with Gasteiger partial charge in [0, 0.05) is 42.3 Å². The predicted octanol–water partition coefficient (Wildman–Crippen LogP) is 5.40. The zero-order chi connectivity index (χ0) is 21.8. The third-order valence-corrected chi connectivity index (χ3v) is 5.02. The molecule has 2 heterocycles. The van der Waals surface area contributed by atoms with E-state index < -0.39 is 6.09 Å². The SMILES string of the molecule is CN(C)C(=O)Oc1cc(COCCOc2cccc(Cl)c2)c2cc3ccccn3c2c1. The van der Waals surface area contributed by atoms with E-state index in [4.69, 9.17) is 25.8 Å². The van der Waals surface area contributed by atoms with Gasteiger partial charge in [0.25, 0.3) is 0 Å². The van der Waals surface area contributed by atoms with E-state index in [1.807, 2.05) is 48.7 Å². The van der Waals surface area contributed by atoms with Crippen LogP contribution in [0.15, 0.2) is 66.9 Å². The minimum atomic E-state index is -0.429. The monoisotopic (exact) mass is 438 g/mol. The third-order valence-electron chi connectivity index (χ3n) is 4.78. The number of halogens is 1. The number of ether oxygens (including phenoxy) is 3. The van der Waals surface area contributed by atoms with E-state index in [1.165, 1.54) is 4.90 Å². The molecule has 31 heavy (non-hydrogen) atoms. The largest absolute Gasteiger partial charge is 0.491 e. The number of aromatic nitrogens is 1. The van der Waals surface area contributed by atoms with Crippen LogP contribution in [0.1, 0.15) is 5.56 Å². The van der Waals surface area contributed by atoms with Crippen LogP contribution in [0.4, 0.5) is 4.79 Å². The number of benzene rings is 2. The number of fused-ring (bicyclic) bond motifs is 3. The fourth-order valence-electron chi connectivity index (χ4n) is 3.30. The Morgan fingerprint density at radius 1 is 1.00 bits per heavy atom. The van der Waals surface area contributed by atoms with Gasteiger partial charge in [0.1, 0.15) is 18.1 Å². The van der Waals surface area contributed by atoms with Crippen LogP contribution in [0.2, 0.25) is 5.02 Å². The lowest BCUT2D eigenvalue weighted by atomic mass is 10.1. The van der Waals surface area contributed by atoms with Crippen molar-refractivity contribution >= 4 is 34.1 Å². The Morgan fingerprint density at radius 2 is 1.87 bits per heavy atom. The molecule has 7 heteroatoms. The molecular formula is C24H23ClN2O4. The minimum absolute atomic E-state index is 0.361. The van der Waals surface area contributed by atoms with Gasteiger partial charge in [-0.3, -0.25) is 0 Å². The summed E-state index contributed by atoms with van der Waals surface area (Å²) in [5.74, 6) is 1.18. The summed E-state index contributed by atoms with van der Waals surface area (Å²) in [4.78, 5) is 13.5. The highest BCUT2D eigenvalue weighted by Crippen LogP contribution is 2.29. The lowest BCUT2D eigenvalue weighted by molar-refractivity contribution is 0.0894. The molecule has 6 nitrogen and oxygen atoms in total. The summed E-state index contributed by atoms with van der Waals surface area (Å²) in [6.45, 7) is 1.17. The average molecular weight is 439 g/mol. The zero-order valence-electron chi connectivity index (χ0n) is 17.4. The Hall–Kier alpha value is -3.22.